The molecule has 1 saturated carbocycles. The molecule has 39 heavy (non-hydrogen) atoms. The number of hydrogen-bond acceptors (Lipinski definition) is 1. The van der Waals surface area contributed by atoms with Crippen molar-refractivity contribution in [2.45, 2.75) is 82.8 Å². The van der Waals surface area contributed by atoms with Gasteiger partial charge in [0.1, 0.15) is 0 Å². The van der Waals surface area contributed by atoms with Crippen molar-refractivity contribution in [3.05, 3.63) is 52.6 Å². The minimum Gasteiger partial charge on any atom is -0.538 e. The van der Waals surface area contributed by atoms with Crippen LogP contribution in [0.1, 0.15) is 66.7 Å². The molecule has 0 amide bonds. The fourth-order valence-electron chi connectivity index (χ4n) is 7.06. The first-order valence-corrected chi connectivity index (χ1v) is 15.0. The molecule has 10 heteroatoms. The van der Waals surface area contributed by atoms with Gasteiger partial charge in [-0.15, -0.1) is 0 Å². The summed E-state index contributed by atoms with van der Waals surface area (Å²) in [6.07, 6.45) is 4.25. The van der Waals surface area contributed by atoms with Gasteiger partial charge in [0.05, 0.1) is 16.2 Å². The zero-order valence-electron chi connectivity index (χ0n) is 22.1. The molecule has 0 aromatic heterocycles. The topological polar surface area (TPSA) is 9.23 Å². The van der Waals surface area contributed by atoms with E-state index in [1.165, 1.54) is 0 Å². The number of halogens is 8. The molecule has 0 spiro atoms. The van der Waals surface area contributed by atoms with E-state index in [9.17, 15) is 8.78 Å². The molecule has 1 nitrogen and oxygen atoms in total. The first-order valence-electron chi connectivity index (χ1n) is 13.0. The van der Waals surface area contributed by atoms with E-state index in [0.717, 1.165) is 32.1 Å². The van der Waals surface area contributed by atoms with E-state index < -0.39 is 98.0 Å². The summed E-state index contributed by atoms with van der Waals surface area (Å²) in [5, 5.41) is -7.38. The molecule has 209 valence electrons. The molecule has 1 unspecified atom stereocenters. The Balaban J connectivity index is 1.95. The lowest BCUT2D eigenvalue weighted by molar-refractivity contribution is 0.361. The zero-order chi connectivity index (χ0) is 28.8. The van der Waals surface area contributed by atoms with E-state index in [-0.39, 0.29) is 11.1 Å². The van der Waals surface area contributed by atoms with Gasteiger partial charge in [0, 0.05) is 22.2 Å². The van der Waals surface area contributed by atoms with E-state index in [1.54, 1.807) is 6.07 Å². The molecule has 0 bridgehead atoms. The molecule has 1 aliphatic rings. The van der Waals surface area contributed by atoms with Gasteiger partial charge >= 0.3 is 0 Å². The summed E-state index contributed by atoms with van der Waals surface area (Å²) in [5.74, 6) is -16.0. The van der Waals surface area contributed by atoms with Gasteiger partial charge in [0.2, 0.25) is 0 Å². The van der Waals surface area contributed by atoms with Gasteiger partial charge < -0.3 is 4.43 Å². The highest BCUT2D eigenvalue weighted by molar-refractivity contribution is 6.80. The second kappa shape index (κ2) is 9.21. The van der Waals surface area contributed by atoms with E-state index >= 15 is 26.3 Å². The molecule has 1 radical (unpaired) electrons. The highest BCUT2D eigenvalue weighted by atomic mass is 28.4. The van der Waals surface area contributed by atoms with Crippen molar-refractivity contribution in [1.29, 1.82) is 0 Å². The summed E-state index contributed by atoms with van der Waals surface area (Å²) in [6, 6.07) is 1.63. The first kappa shape index (κ1) is 27.9. The average molecular weight is 572 g/mol. The first-order chi connectivity index (χ1) is 18.2. The minimum absolute atomic E-state index is 0.0503. The lowest BCUT2D eigenvalue weighted by Gasteiger charge is -2.51. The van der Waals surface area contributed by atoms with Gasteiger partial charge in [-0.1, -0.05) is 53.9 Å². The van der Waals surface area contributed by atoms with E-state index in [1.807, 2.05) is 34.6 Å². The Kier molecular flexibility index (Phi) is 6.59. The highest BCUT2D eigenvalue weighted by Crippen LogP contribution is 2.57. The SMILES string of the molecule is CC(C)[Si](Oc1c(F)c2c(F)c(F)c3[c]c(F)c(F)c4c(F)c(F)c(c1F)c2c34)(C1CCCCC1)C(C)(C)C. The van der Waals surface area contributed by atoms with Crippen LogP contribution in [0.4, 0.5) is 35.1 Å². The molecule has 4 aromatic carbocycles. The van der Waals surface area contributed by atoms with Crippen molar-refractivity contribution in [1.82, 2.24) is 0 Å². The minimum atomic E-state index is -3.27. The third-order valence-electron chi connectivity index (χ3n) is 8.51. The van der Waals surface area contributed by atoms with Crippen molar-refractivity contribution in [2.24, 2.45) is 0 Å². The summed E-state index contributed by atoms with van der Waals surface area (Å²) in [5.41, 5.74) is -0.259. The van der Waals surface area contributed by atoms with Crippen LogP contribution < -0.4 is 4.43 Å². The fraction of sp³-hybridized carbons (Fsp3) is 0.448. The van der Waals surface area contributed by atoms with Crippen LogP contribution >= 0.6 is 0 Å². The van der Waals surface area contributed by atoms with Gasteiger partial charge in [-0.3, -0.25) is 0 Å². The zero-order valence-corrected chi connectivity index (χ0v) is 23.1. The summed E-state index contributed by atoms with van der Waals surface area (Å²) in [4.78, 5) is 0. The average Bonchev–Trinajstić information content (AvgIpc) is 2.86. The quantitative estimate of drug-likeness (QED) is 0.135. The second-order valence-corrected chi connectivity index (χ2v) is 17.1. The fourth-order valence-corrected chi connectivity index (χ4v) is 13.4. The van der Waals surface area contributed by atoms with Crippen LogP contribution in [0.5, 0.6) is 5.75 Å². The van der Waals surface area contributed by atoms with Crippen LogP contribution in [0.15, 0.2) is 0 Å². The predicted octanol–water partition coefficient (Wildman–Crippen LogP) is 10.4. The molecule has 5 rings (SSSR count). The van der Waals surface area contributed by atoms with Crippen molar-refractivity contribution in [2.75, 3.05) is 0 Å². The normalized spacial score (nSPS) is 17.2. The van der Waals surface area contributed by atoms with Crippen LogP contribution in [0.3, 0.4) is 0 Å². The van der Waals surface area contributed by atoms with Gasteiger partial charge in [-0.2, -0.15) is 0 Å². The van der Waals surface area contributed by atoms with Gasteiger partial charge in [0.25, 0.3) is 8.32 Å². The highest BCUT2D eigenvalue weighted by Gasteiger charge is 2.57. The van der Waals surface area contributed by atoms with Crippen molar-refractivity contribution >= 4 is 40.6 Å². The molecule has 1 atom stereocenters. The molecule has 0 N–H and O–H groups in total. The maximum absolute atomic E-state index is 16.2. The van der Waals surface area contributed by atoms with Crippen molar-refractivity contribution in [3.63, 3.8) is 0 Å². The number of benzene rings is 4. The Morgan fingerprint density at radius 1 is 0.667 bits per heavy atom. The van der Waals surface area contributed by atoms with Crippen LogP contribution in [0, 0.1) is 52.6 Å². The predicted molar refractivity (Wildman–Crippen MR) is 137 cm³/mol. The van der Waals surface area contributed by atoms with Crippen LogP contribution in [0.25, 0.3) is 32.3 Å². The Morgan fingerprint density at radius 2 is 1.15 bits per heavy atom. The lowest BCUT2D eigenvalue weighted by atomic mass is 9.91. The Hall–Kier alpha value is -2.62. The Bertz CT molecular complexity index is 1600. The Morgan fingerprint density at radius 3 is 1.64 bits per heavy atom. The molecule has 0 heterocycles. The maximum Gasteiger partial charge on any atom is 0.262 e. The molecule has 0 saturated heterocycles. The third kappa shape index (κ3) is 3.69. The standard InChI is InChI=1S/C29H27F8OSi/c1-12(2)39(29(3,4)5,13-9-7-6-8-10-13)38-28-26(36)19-17-16-14(21(31)23(19)33)11-15(30)22(32)18(16)24(34)25(35)20(17)27(28)37/h12-13H,6-10H2,1-5H3. The van der Waals surface area contributed by atoms with Crippen molar-refractivity contribution < 1.29 is 39.5 Å². The summed E-state index contributed by atoms with van der Waals surface area (Å²) in [6.45, 7) is 9.42. The Labute approximate surface area is 221 Å². The molecule has 1 aliphatic carbocycles. The summed E-state index contributed by atoms with van der Waals surface area (Å²) >= 11 is 0. The van der Waals surface area contributed by atoms with E-state index in [2.05, 4.69) is 0 Å². The molecule has 4 aromatic rings. The summed E-state index contributed by atoms with van der Waals surface area (Å²) in [7, 11) is -3.27. The monoisotopic (exact) mass is 571 g/mol. The number of hydrogen-bond donors (Lipinski definition) is 0. The van der Waals surface area contributed by atoms with Crippen LogP contribution in [-0.2, 0) is 0 Å². The molecule has 0 aliphatic heterocycles. The number of rotatable bonds is 4. The van der Waals surface area contributed by atoms with E-state index in [0.29, 0.717) is 0 Å². The molecular weight excluding hydrogens is 544 g/mol. The van der Waals surface area contributed by atoms with Crippen LogP contribution in [-0.4, -0.2) is 8.32 Å². The smallest absolute Gasteiger partial charge is 0.262 e. The van der Waals surface area contributed by atoms with Crippen LogP contribution in [0.2, 0.25) is 16.1 Å². The van der Waals surface area contributed by atoms with Gasteiger partial charge in [-0.25, -0.2) is 35.1 Å². The van der Waals surface area contributed by atoms with Gasteiger partial charge in [-0.05, 0) is 29.0 Å². The second-order valence-electron chi connectivity index (χ2n) is 11.9. The van der Waals surface area contributed by atoms with Gasteiger partial charge in [0.15, 0.2) is 52.3 Å². The summed E-state index contributed by atoms with van der Waals surface area (Å²) < 4.78 is 129. The maximum atomic E-state index is 16.2. The lowest BCUT2D eigenvalue weighted by Crippen LogP contribution is -2.57. The third-order valence-corrected chi connectivity index (χ3v) is 14.9. The molecular formula is C29H27F8OSi. The van der Waals surface area contributed by atoms with E-state index in [4.69, 9.17) is 4.43 Å². The van der Waals surface area contributed by atoms with Crippen molar-refractivity contribution in [3.8, 4) is 5.75 Å². The molecule has 1 fully saturated rings. The largest absolute Gasteiger partial charge is 0.538 e.